The number of aromatic nitrogens is 2. The summed E-state index contributed by atoms with van der Waals surface area (Å²) in [5, 5.41) is 3.73. The van der Waals surface area contributed by atoms with Gasteiger partial charge in [0.05, 0.1) is 11.7 Å². The lowest BCUT2D eigenvalue weighted by Gasteiger charge is -2.19. The number of thiophene rings is 1. The number of hydrogen-bond donors (Lipinski definition) is 1. The molecule has 2 heterocycles. The molecule has 1 aromatic carbocycles. The molecule has 5 nitrogen and oxygen atoms in total. The molecule has 6 heteroatoms. The van der Waals surface area contributed by atoms with Crippen molar-refractivity contribution in [3.05, 3.63) is 55.9 Å². The van der Waals surface area contributed by atoms with Gasteiger partial charge in [-0.05, 0) is 69.6 Å². The largest absolute Gasteiger partial charge is 0.324 e. The smallest absolute Gasteiger partial charge is 0.263 e. The molecule has 0 spiro atoms. The predicted molar refractivity (Wildman–Crippen MR) is 119 cm³/mol. The molecule has 4 rings (SSSR count). The number of amides is 1. The SMILES string of the molecule is Cc1cc(C)c(NC(=O)[C@H](C)n2cnc3sc4c(c3c2=O)CC[C@H](C)C4)c(C)c1. The first-order valence-corrected chi connectivity index (χ1v) is 11.0. The van der Waals surface area contributed by atoms with Crippen LogP contribution in [0.5, 0.6) is 0 Å². The summed E-state index contributed by atoms with van der Waals surface area (Å²) in [6.07, 6.45) is 4.54. The highest BCUT2D eigenvalue weighted by molar-refractivity contribution is 7.18. The first-order valence-electron chi connectivity index (χ1n) is 10.2. The first kappa shape index (κ1) is 19.8. The molecule has 0 unspecified atom stereocenters. The minimum Gasteiger partial charge on any atom is -0.324 e. The van der Waals surface area contributed by atoms with Gasteiger partial charge in [-0.2, -0.15) is 0 Å². The fourth-order valence-corrected chi connectivity index (χ4v) is 5.69. The van der Waals surface area contributed by atoms with Crippen LogP contribution in [-0.2, 0) is 17.6 Å². The molecule has 1 N–H and O–H groups in total. The fourth-order valence-electron chi connectivity index (χ4n) is 4.35. The van der Waals surface area contributed by atoms with E-state index in [0.29, 0.717) is 11.3 Å². The van der Waals surface area contributed by atoms with E-state index in [4.69, 9.17) is 0 Å². The van der Waals surface area contributed by atoms with Gasteiger partial charge in [0.25, 0.3) is 5.56 Å². The number of carbonyl (C=O) groups excluding carboxylic acids is 1. The van der Waals surface area contributed by atoms with E-state index in [0.717, 1.165) is 52.0 Å². The van der Waals surface area contributed by atoms with Crippen LogP contribution in [0.4, 0.5) is 5.69 Å². The molecule has 1 aliphatic carbocycles. The van der Waals surface area contributed by atoms with Gasteiger partial charge < -0.3 is 5.32 Å². The van der Waals surface area contributed by atoms with Crippen LogP contribution in [-0.4, -0.2) is 15.5 Å². The maximum atomic E-state index is 13.3. The van der Waals surface area contributed by atoms with Crippen molar-refractivity contribution in [1.29, 1.82) is 0 Å². The van der Waals surface area contributed by atoms with Crippen molar-refractivity contribution in [3.8, 4) is 0 Å². The molecule has 0 aliphatic heterocycles. The monoisotopic (exact) mass is 409 g/mol. The van der Waals surface area contributed by atoms with Gasteiger partial charge in [0, 0.05) is 10.6 Å². The number of carbonyl (C=O) groups is 1. The van der Waals surface area contributed by atoms with Crippen LogP contribution >= 0.6 is 11.3 Å². The molecule has 29 heavy (non-hydrogen) atoms. The van der Waals surface area contributed by atoms with Crippen LogP contribution in [0, 0.1) is 26.7 Å². The topological polar surface area (TPSA) is 64.0 Å². The number of nitrogens with one attached hydrogen (secondary N) is 1. The number of anilines is 1. The normalized spacial score (nSPS) is 17.2. The lowest BCUT2D eigenvalue weighted by molar-refractivity contribution is -0.118. The van der Waals surface area contributed by atoms with Gasteiger partial charge in [0.2, 0.25) is 5.91 Å². The number of hydrogen-bond acceptors (Lipinski definition) is 4. The zero-order valence-electron chi connectivity index (χ0n) is 17.6. The molecule has 152 valence electrons. The van der Waals surface area contributed by atoms with Crippen LogP contribution in [0.15, 0.2) is 23.3 Å². The average Bonchev–Trinajstić information content (AvgIpc) is 3.02. The van der Waals surface area contributed by atoms with E-state index in [1.165, 1.54) is 15.8 Å². The Hall–Kier alpha value is -2.47. The third kappa shape index (κ3) is 3.50. The molecular weight excluding hydrogens is 382 g/mol. The van der Waals surface area contributed by atoms with Crippen LogP contribution in [0.1, 0.15) is 53.4 Å². The Morgan fingerprint density at radius 1 is 1.28 bits per heavy atom. The molecule has 0 radical (unpaired) electrons. The van der Waals surface area contributed by atoms with Crippen molar-refractivity contribution in [2.24, 2.45) is 5.92 Å². The third-order valence-electron chi connectivity index (χ3n) is 5.96. The molecular formula is C23H27N3O2S. The van der Waals surface area contributed by atoms with E-state index in [9.17, 15) is 9.59 Å². The Kier molecular flexibility index (Phi) is 5.07. The van der Waals surface area contributed by atoms with E-state index in [2.05, 4.69) is 17.2 Å². The Morgan fingerprint density at radius 2 is 1.97 bits per heavy atom. The lowest BCUT2D eigenvalue weighted by Crippen LogP contribution is -2.32. The van der Waals surface area contributed by atoms with Crippen molar-refractivity contribution in [3.63, 3.8) is 0 Å². The first-order chi connectivity index (χ1) is 13.8. The van der Waals surface area contributed by atoms with E-state index < -0.39 is 6.04 Å². The zero-order valence-corrected chi connectivity index (χ0v) is 18.4. The van der Waals surface area contributed by atoms with Crippen LogP contribution < -0.4 is 10.9 Å². The summed E-state index contributed by atoms with van der Waals surface area (Å²) in [6.45, 7) is 10.0. The molecule has 1 amide bonds. The summed E-state index contributed by atoms with van der Waals surface area (Å²) in [7, 11) is 0. The van der Waals surface area contributed by atoms with E-state index in [1.807, 2.05) is 32.9 Å². The highest BCUT2D eigenvalue weighted by Gasteiger charge is 2.25. The molecule has 2 atom stereocenters. The van der Waals surface area contributed by atoms with Crippen molar-refractivity contribution >= 4 is 33.1 Å². The van der Waals surface area contributed by atoms with Gasteiger partial charge >= 0.3 is 0 Å². The van der Waals surface area contributed by atoms with E-state index >= 15 is 0 Å². The zero-order chi connectivity index (χ0) is 20.9. The van der Waals surface area contributed by atoms with Gasteiger partial charge in [0.1, 0.15) is 10.9 Å². The number of rotatable bonds is 3. The molecule has 0 bridgehead atoms. The summed E-state index contributed by atoms with van der Waals surface area (Å²) in [4.78, 5) is 32.8. The van der Waals surface area contributed by atoms with Gasteiger partial charge in [0.15, 0.2) is 0 Å². The van der Waals surface area contributed by atoms with Crippen molar-refractivity contribution in [1.82, 2.24) is 9.55 Å². The van der Waals surface area contributed by atoms with Gasteiger partial charge in [-0.3, -0.25) is 14.2 Å². The van der Waals surface area contributed by atoms with Gasteiger partial charge in [-0.1, -0.05) is 24.6 Å². The molecule has 0 saturated carbocycles. The Bertz CT molecular complexity index is 1150. The average molecular weight is 410 g/mol. The van der Waals surface area contributed by atoms with Crippen molar-refractivity contribution in [2.75, 3.05) is 5.32 Å². The summed E-state index contributed by atoms with van der Waals surface area (Å²) in [5.41, 5.74) is 5.05. The number of nitrogens with zero attached hydrogens (tertiary/aromatic N) is 2. The fraction of sp³-hybridized carbons (Fsp3) is 0.435. The second-order valence-electron chi connectivity index (χ2n) is 8.43. The molecule has 0 fully saturated rings. The summed E-state index contributed by atoms with van der Waals surface area (Å²) >= 11 is 1.63. The highest BCUT2D eigenvalue weighted by Crippen LogP contribution is 2.35. The van der Waals surface area contributed by atoms with Gasteiger partial charge in [-0.25, -0.2) is 4.98 Å². The molecule has 3 aromatic rings. The van der Waals surface area contributed by atoms with Crippen molar-refractivity contribution in [2.45, 2.75) is 59.9 Å². The van der Waals surface area contributed by atoms with E-state index in [1.54, 1.807) is 18.3 Å². The van der Waals surface area contributed by atoms with Crippen LogP contribution in [0.25, 0.3) is 10.2 Å². The third-order valence-corrected chi connectivity index (χ3v) is 7.13. The number of benzene rings is 1. The summed E-state index contributed by atoms with van der Waals surface area (Å²) < 4.78 is 1.47. The van der Waals surface area contributed by atoms with Crippen LogP contribution in [0.2, 0.25) is 0 Å². The summed E-state index contributed by atoms with van der Waals surface area (Å²) in [6, 6.07) is 3.45. The van der Waals surface area contributed by atoms with Crippen LogP contribution in [0.3, 0.4) is 0 Å². The van der Waals surface area contributed by atoms with Crippen molar-refractivity contribution < 1.29 is 4.79 Å². The number of fused-ring (bicyclic) bond motifs is 3. The second kappa shape index (κ2) is 7.41. The standard InChI is InChI=1S/C23H27N3O2S/c1-12-6-7-17-18(10-12)29-22-19(17)23(28)26(11-24-22)16(5)21(27)25-20-14(3)8-13(2)9-15(20)4/h8-9,11-12,16H,6-7,10H2,1-5H3,(H,25,27)/t12-,16-/m0/s1. The minimum absolute atomic E-state index is 0.109. The second-order valence-corrected chi connectivity index (χ2v) is 9.51. The lowest BCUT2D eigenvalue weighted by atomic mass is 9.89. The molecule has 2 aromatic heterocycles. The van der Waals surface area contributed by atoms with Gasteiger partial charge in [-0.15, -0.1) is 11.3 Å². The maximum absolute atomic E-state index is 13.3. The Labute approximate surface area is 174 Å². The van der Waals surface area contributed by atoms with E-state index in [-0.39, 0.29) is 11.5 Å². The molecule has 1 aliphatic rings. The minimum atomic E-state index is -0.641. The number of aryl methyl sites for hydroxylation is 4. The summed E-state index contributed by atoms with van der Waals surface area (Å²) in [5.74, 6) is 0.435. The quantitative estimate of drug-likeness (QED) is 0.681. The maximum Gasteiger partial charge on any atom is 0.263 e. The highest BCUT2D eigenvalue weighted by atomic mass is 32.1. The molecule has 0 saturated heterocycles. The Morgan fingerprint density at radius 3 is 2.66 bits per heavy atom. The Balaban J connectivity index is 1.69. The predicted octanol–water partition coefficient (Wildman–Crippen LogP) is 4.71.